The molecular weight excluding hydrogens is 1310 g/mol. The van der Waals surface area contributed by atoms with Gasteiger partial charge in [-0.2, -0.15) is 84.3 Å². The van der Waals surface area contributed by atoms with Gasteiger partial charge in [-0.25, -0.2) is 0 Å². The molecule has 0 radical (unpaired) electrons. The number of fused-ring (bicyclic) bond motifs is 6. The predicted octanol–water partition coefficient (Wildman–Crippen LogP) is 25.1. The molecule has 98 heavy (non-hydrogen) atoms. The molecule has 2 heterocycles. The third-order valence-corrected chi connectivity index (χ3v) is 17.3. The number of halogens is 18. The Balaban J connectivity index is 1.13. The Hall–Kier alpha value is -10.8. The van der Waals surface area contributed by atoms with Crippen LogP contribution in [0.3, 0.4) is 0 Å². The SMILES string of the molecule is Cc1cc(C)cc(-c2ccc3c(c2)c2cc(-c4cc(C)cc(C(F)(F)F)c4)ccc2n3-c2cc(-c3cc(C)cc(C(F)(F)F)c3)ccc2-c2ccc(C#N)cc2-n2c3ccc(-c4cc(C(F)(F)F)cc(C(F)(F)F)c4)cc3c3cc(-c4cc(C(F)(F)F)cc(C(F)(F)F)c4)ccc32)c1. The second-order valence-corrected chi connectivity index (χ2v) is 24.3. The van der Waals surface area contributed by atoms with E-state index in [4.69, 9.17) is 0 Å². The van der Waals surface area contributed by atoms with E-state index in [2.05, 4.69) is 6.07 Å². The number of rotatable bonds is 8. The van der Waals surface area contributed by atoms with Gasteiger partial charge in [-0.1, -0.05) is 83.9 Å². The number of benzene rings is 11. The molecule has 0 saturated heterocycles. The number of aromatic nitrogens is 2. The van der Waals surface area contributed by atoms with Crippen molar-refractivity contribution in [3.63, 3.8) is 0 Å². The van der Waals surface area contributed by atoms with Crippen LogP contribution in [0.25, 0.3) is 122 Å². The van der Waals surface area contributed by atoms with Crippen LogP contribution in [0.5, 0.6) is 0 Å². The molecule has 0 N–H and O–H groups in total. The molecule has 11 aromatic carbocycles. The summed E-state index contributed by atoms with van der Waals surface area (Å²) in [6.45, 7) is 6.85. The van der Waals surface area contributed by atoms with Gasteiger partial charge in [-0.3, -0.25) is 0 Å². The maximum atomic E-state index is 14.7. The number of aryl methyl sites for hydroxylation is 4. The molecular formula is C77H45F18N3. The van der Waals surface area contributed by atoms with Gasteiger partial charge in [0.1, 0.15) is 0 Å². The molecule has 13 aromatic rings. The number of hydrogen-bond acceptors (Lipinski definition) is 1. The topological polar surface area (TPSA) is 33.6 Å². The Morgan fingerprint density at radius 3 is 0.796 bits per heavy atom. The minimum absolute atomic E-state index is 0.00841. The van der Waals surface area contributed by atoms with E-state index in [1.54, 1.807) is 54.6 Å². The van der Waals surface area contributed by atoms with Crippen LogP contribution in [0.4, 0.5) is 79.0 Å². The predicted molar refractivity (Wildman–Crippen MR) is 341 cm³/mol. The van der Waals surface area contributed by atoms with Gasteiger partial charge < -0.3 is 9.13 Å². The summed E-state index contributed by atoms with van der Waals surface area (Å²) in [5.74, 6) is 0. The molecule has 0 fully saturated rings. The van der Waals surface area contributed by atoms with E-state index >= 15 is 0 Å². The lowest BCUT2D eigenvalue weighted by Gasteiger charge is -2.20. The van der Waals surface area contributed by atoms with Crippen LogP contribution in [0.1, 0.15) is 61.2 Å². The maximum absolute atomic E-state index is 14.7. The van der Waals surface area contributed by atoms with E-state index in [1.165, 1.54) is 66.9 Å². The molecule has 21 heteroatoms. The van der Waals surface area contributed by atoms with E-state index in [0.29, 0.717) is 57.2 Å². The summed E-state index contributed by atoms with van der Waals surface area (Å²) in [7, 11) is 0. The smallest absolute Gasteiger partial charge is 0.309 e. The van der Waals surface area contributed by atoms with Gasteiger partial charge in [0.15, 0.2) is 0 Å². The summed E-state index contributed by atoms with van der Waals surface area (Å²) in [4.78, 5) is 0. The van der Waals surface area contributed by atoms with Crippen molar-refractivity contribution >= 4 is 43.6 Å². The first kappa shape index (κ1) is 65.9. The molecule has 0 atom stereocenters. The van der Waals surface area contributed by atoms with Gasteiger partial charge in [0.25, 0.3) is 0 Å². The minimum atomic E-state index is -5.30. The number of hydrogen-bond donors (Lipinski definition) is 0. The number of nitriles is 1. The fourth-order valence-corrected chi connectivity index (χ4v) is 13.0. The largest absolute Gasteiger partial charge is 0.416 e. The number of alkyl halides is 18. The third-order valence-electron chi connectivity index (χ3n) is 17.3. The zero-order valence-corrected chi connectivity index (χ0v) is 51.2. The van der Waals surface area contributed by atoms with Crippen molar-refractivity contribution in [2.75, 3.05) is 0 Å². The Morgan fingerprint density at radius 1 is 0.245 bits per heavy atom. The molecule has 2 aromatic heterocycles. The summed E-state index contributed by atoms with van der Waals surface area (Å²) in [6.07, 6.45) is -30.7. The summed E-state index contributed by atoms with van der Waals surface area (Å²) >= 11 is 0. The molecule has 0 aliphatic heterocycles. The summed E-state index contributed by atoms with van der Waals surface area (Å²) in [5.41, 5.74) is -3.34. The van der Waals surface area contributed by atoms with Crippen LogP contribution in [0, 0.1) is 39.0 Å². The Bertz CT molecular complexity index is 5270. The van der Waals surface area contributed by atoms with Crippen LogP contribution >= 0.6 is 0 Å². The fraction of sp³-hybridized carbons (Fsp3) is 0.130. The Kier molecular flexibility index (Phi) is 15.6. The molecule has 0 aliphatic carbocycles. The zero-order valence-electron chi connectivity index (χ0n) is 51.2. The highest BCUT2D eigenvalue weighted by Gasteiger charge is 2.40. The van der Waals surface area contributed by atoms with Crippen LogP contribution in [-0.2, 0) is 37.1 Å². The zero-order chi connectivity index (χ0) is 70.2. The molecule has 494 valence electrons. The third kappa shape index (κ3) is 12.4. The van der Waals surface area contributed by atoms with Crippen LogP contribution in [0.15, 0.2) is 200 Å². The van der Waals surface area contributed by atoms with Crippen LogP contribution in [-0.4, -0.2) is 9.13 Å². The second kappa shape index (κ2) is 23.2. The molecule has 0 unspecified atom stereocenters. The van der Waals surface area contributed by atoms with Crippen molar-refractivity contribution in [2.45, 2.75) is 64.8 Å². The van der Waals surface area contributed by atoms with E-state index in [-0.39, 0.29) is 95.4 Å². The molecule has 3 nitrogen and oxygen atoms in total. The first-order valence-corrected chi connectivity index (χ1v) is 29.8. The Morgan fingerprint density at radius 2 is 0.490 bits per heavy atom. The van der Waals surface area contributed by atoms with E-state index in [0.717, 1.165) is 46.5 Å². The lowest BCUT2D eigenvalue weighted by atomic mass is 9.94. The molecule has 13 rings (SSSR count). The van der Waals surface area contributed by atoms with Gasteiger partial charge in [0, 0.05) is 32.7 Å². The highest BCUT2D eigenvalue weighted by atomic mass is 19.4. The van der Waals surface area contributed by atoms with Gasteiger partial charge in [-0.15, -0.1) is 0 Å². The van der Waals surface area contributed by atoms with Crippen molar-refractivity contribution in [1.82, 2.24) is 9.13 Å². The highest BCUT2D eigenvalue weighted by Crippen LogP contribution is 2.49. The monoisotopic (exact) mass is 1350 g/mol. The first-order chi connectivity index (χ1) is 45.9. The van der Waals surface area contributed by atoms with E-state index < -0.39 is 81.6 Å². The van der Waals surface area contributed by atoms with Crippen molar-refractivity contribution in [3.05, 3.63) is 261 Å². The molecule has 0 spiro atoms. The standard InChI is InChI=1S/C77H45F18N3/c1-39-17-40(2)19-49(18-39)44-7-13-68-62(31-44)63-32-45(50-20-41(3)22-54(25-50)72(78,79)80)8-14-69(63)98(68)71-35-48(51-21-42(4)23-55(26-51)73(81,82)83)6-12-61(71)60-11-5-43(38-96)24-70(60)97-66-15-9-46(52-27-56(74(84,85)86)36-57(28-52)75(87,88)89)33-64(66)65-34-47(10-16-67(65)97)53-29-58(76(90,91)92)37-59(30-53)77(93,94)95/h5-37H,1-4H3. The molecule has 0 bridgehead atoms. The van der Waals surface area contributed by atoms with E-state index in [1.807, 2.05) is 54.8 Å². The van der Waals surface area contributed by atoms with Crippen LogP contribution in [0.2, 0.25) is 0 Å². The Labute approximate surface area is 545 Å². The van der Waals surface area contributed by atoms with Crippen molar-refractivity contribution < 1.29 is 79.0 Å². The summed E-state index contributed by atoms with van der Waals surface area (Å²) < 4.78 is 264. The molecule has 0 amide bonds. The average molecular weight is 1350 g/mol. The normalized spacial score (nSPS) is 12.8. The quantitative estimate of drug-likeness (QED) is 0.140. The van der Waals surface area contributed by atoms with Crippen molar-refractivity contribution in [3.8, 4) is 84.2 Å². The molecule has 0 saturated carbocycles. The first-order valence-electron chi connectivity index (χ1n) is 29.8. The van der Waals surface area contributed by atoms with Crippen molar-refractivity contribution in [2.24, 2.45) is 0 Å². The lowest BCUT2D eigenvalue weighted by molar-refractivity contribution is -0.144. The highest BCUT2D eigenvalue weighted by molar-refractivity contribution is 6.14. The average Bonchev–Trinajstić information content (AvgIpc) is 1.57. The van der Waals surface area contributed by atoms with Gasteiger partial charge in [0.2, 0.25) is 0 Å². The van der Waals surface area contributed by atoms with Gasteiger partial charge in [0.05, 0.1) is 78.5 Å². The maximum Gasteiger partial charge on any atom is 0.416 e. The molecule has 0 aliphatic rings. The van der Waals surface area contributed by atoms with Gasteiger partial charge in [-0.05, 0) is 222 Å². The van der Waals surface area contributed by atoms with Crippen molar-refractivity contribution in [1.29, 1.82) is 5.26 Å². The minimum Gasteiger partial charge on any atom is -0.309 e. The summed E-state index contributed by atoms with van der Waals surface area (Å²) in [5, 5.41) is 11.7. The van der Waals surface area contributed by atoms with Gasteiger partial charge >= 0.3 is 37.1 Å². The van der Waals surface area contributed by atoms with E-state index in [9.17, 15) is 84.3 Å². The second-order valence-electron chi connectivity index (χ2n) is 24.3. The fourth-order valence-electron chi connectivity index (χ4n) is 13.0. The lowest BCUT2D eigenvalue weighted by Crippen LogP contribution is -2.11. The van der Waals surface area contributed by atoms with Crippen LogP contribution < -0.4 is 0 Å². The number of nitrogens with zero attached hydrogens (tertiary/aromatic N) is 3. The summed E-state index contributed by atoms with van der Waals surface area (Å²) in [6, 6.07) is 44.2.